The predicted molar refractivity (Wildman–Crippen MR) is 132 cm³/mol. The summed E-state index contributed by atoms with van der Waals surface area (Å²) in [5, 5.41) is 10.1. The van der Waals surface area contributed by atoms with E-state index in [1.165, 1.54) is 0 Å². The third-order valence-electron chi connectivity index (χ3n) is 7.50. The van der Waals surface area contributed by atoms with Crippen LogP contribution in [0.4, 0.5) is 0 Å². The van der Waals surface area contributed by atoms with Crippen molar-refractivity contribution in [3.8, 4) is 0 Å². The van der Waals surface area contributed by atoms with Gasteiger partial charge in [0.25, 0.3) is 0 Å². The topological polar surface area (TPSA) is 87.2 Å². The van der Waals surface area contributed by atoms with Crippen LogP contribution in [0, 0.1) is 17.8 Å². The number of allylic oxidation sites excluding steroid dienone is 1. The number of amides is 2. The summed E-state index contributed by atoms with van der Waals surface area (Å²) in [6.45, 7) is 7.45. The molecule has 0 aromatic heterocycles. The number of hydrogen-bond acceptors (Lipinski definition) is 6. The van der Waals surface area contributed by atoms with Crippen molar-refractivity contribution in [2.45, 2.75) is 75.0 Å². The van der Waals surface area contributed by atoms with Gasteiger partial charge in [-0.05, 0) is 31.6 Å². The first-order valence-corrected chi connectivity index (χ1v) is 13.6. The lowest BCUT2D eigenvalue weighted by Crippen LogP contribution is -2.56. The van der Waals surface area contributed by atoms with Crippen molar-refractivity contribution in [2.75, 3.05) is 26.3 Å². The van der Waals surface area contributed by atoms with E-state index in [0.29, 0.717) is 26.1 Å². The van der Waals surface area contributed by atoms with Crippen LogP contribution in [0.2, 0.25) is 0 Å². The number of cyclic esters (lactones) is 1. The summed E-state index contributed by atoms with van der Waals surface area (Å²) in [6, 6.07) is -1.21. The molecule has 4 aliphatic rings. The third-order valence-corrected chi connectivity index (χ3v) is 9.25. The Morgan fingerprint density at radius 1 is 1.24 bits per heavy atom. The van der Waals surface area contributed by atoms with Crippen molar-refractivity contribution in [1.82, 2.24) is 9.80 Å². The van der Waals surface area contributed by atoms with Gasteiger partial charge in [0.1, 0.15) is 6.04 Å². The minimum absolute atomic E-state index is 0.0761. The zero-order valence-corrected chi connectivity index (χ0v) is 21.3. The van der Waals surface area contributed by atoms with E-state index in [9.17, 15) is 19.5 Å². The monoisotopic (exact) mass is 490 g/mol. The molecular formula is C26H38N2O5S. The van der Waals surface area contributed by atoms with Gasteiger partial charge in [-0.1, -0.05) is 51.5 Å². The second kappa shape index (κ2) is 10.4. The fraction of sp³-hybridized carbons (Fsp3) is 0.731. The molecule has 34 heavy (non-hydrogen) atoms. The highest BCUT2D eigenvalue weighted by Crippen LogP contribution is 2.61. The van der Waals surface area contributed by atoms with Crippen molar-refractivity contribution in [1.29, 1.82) is 0 Å². The lowest BCUT2D eigenvalue weighted by molar-refractivity contribution is -0.153. The van der Waals surface area contributed by atoms with Gasteiger partial charge in [0.15, 0.2) is 0 Å². The van der Waals surface area contributed by atoms with Crippen LogP contribution < -0.4 is 0 Å². The highest BCUT2D eigenvalue weighted by Gasteiger charge is 2.71. The van der Waals surface area contributed by atoms with Gasteiger partial charge in [-0.15, -0.1) is 11.8 Å². The van der Waals surface area contributed by atoms with Gasteiger partial charge in [0.2, 0.25) is 11.8 Å². The van der Waals surface area contributed by atoms with Crippen LogP contribution >= 0.6 is 11.8 Å². The molecular weight excluding hydrogens is 452 g/mol. The Bertz CT molecular complexity index is 858. The quantitative estimate of drug-likeness (QED) is 0.436. The van der Waals surface area contributed by atoms with E-state index in [-0.39, 0.29) is 35.6 Å². The molecule has 0 aliphatic carbocycles. The van der Waals surface area contributed by atoms with Gasteiger partial charge in [0, 0.05) is 18.3 Å². The lowest BCUT2D eigenvalue weighted by Gasteiger charge is -2.39. The van der Waals surface area contributed by atoms with Crippen LogP contribution in [-0.4, -0.2) is 81.1 Å². The molecule has 4 heterocycles. The number of fused-ring (bicyclic) bond motifs is 2. The molecule has 2 fully saturated rings. The Hall–Kier alpha value is -1.80. The van der Waals surface area contributed by atoms with Gasteiger partial charge < -0.3 is 19.6 Å². The summed E-state index contributed by atoms with van der Waals surface area (Å²) in [5.41, 5.74) is 0. The number of thioether (sulfide) groups is 1. The first-order valence-electron chi connectivity index (χ1n) is 12.8. The number of ether oxygens (including phenoxy) is 1. The van der Waals surface area contributed by atoms with Crippen LogP contribution in [0.3, 0.4) is 0 Å². The molecule has 1 spiro atoms. The van der Waals surface area contributed by atoms with Crippen molar-refractivity contribution in [3.05, 3.63) is 24.3 Å². The van der Waals surface area contributed by atoms with Crippen molar-refractivity contribution >= 4 is 29.5 Å². The summed E-state index contributed by atoms with van der Waals surface area (Å²) in [6.07, 6.45) is 12.2. The fourth-order valence-electron chi connectivity index (χ4n) is 6.00. The number of carbonyl (C=O) groups is 3. The maximum Gasteiger partial charge on any atom is 0.311 e. The number of aliphatic hydroxyl groups is 1. The molecule has 0 radical (unpaired) electrons. The van der Waals surface area contributed by atoms with Crippen molar-refractivity contribution < 1.29 is 24.2 Å². The van der Waals surface area contributed by atoms with Gasteiger partial charge >= 0.3 is 5.97 Å². The Morgan fingerprint density at radius 2 is 2.03 bits per heavy atom. The number of esters is 1. The Morgan fingerprint density at radius 3 is 2.74 bits per heavy atom. The number of hydrogen-bond donors (Lipinski definition) is 1. The number of likely N-dealkylation sites (tertiary alicyclic amines) is 1. The summed E-state index contributed by atoms with van der Waals surface area (Å²) in [4.78, 5) is 45.0. The molecule has 188 valence electrons. The smallest absolute Gasteiger partial charge is 0.311 e. The normalized spacial score (nSPS) is 35.1. The van der Waals surface area contributed by atoms with Crippen LogP contribution in [-0.2, 0) is 19.1 Å². The maximum absolute atomic E-state index is 14.2. The number of aliphatic hydroxyl groups excluding tert-OH is 1. The zero-order chi connectivity index (χ0) is 24.5. The highest BCUT2D eigenvalue weighted by atomic mass is 32.2. The van der Waals surface area contributed by atoms with Crippen molar-refractivity contribution in [2.24, 2.45) is 17.8 Å². The first kappa shape index (κ1) is 25.3. The van der Waals surface area contributed by atoms with Crippen LogP contribution in [0.25, 0.3) is 0 Å². The predicted octanol–water partition coefficient (Wildman–Crippen LogP) is 2.78. The molecule has 8 heteroatoms. The second-order valence-corrected chi connectivity index (χ2v) is 11.8. The van der Waals surface area contributed by atoms with Crippen molar-refractivity contribution in [3.63, 3.8) is 0 Å². The molecule has 6 atom stereocenters. The Kier molecular flexibility index (Phi) is 7.77. The van der Waals surface area contributed by atoms with Gasteiger partial charge in [-0.2, -0.15) is 0 Å². The molecule has 1 N–H and O–H groups in total. The molecule has 1 unspecified atom stereocenters. The molecule has 0 aromatic carbocycles. The highest BCUT2D eigenvalue weighted by molar-refractivity contribution is 8.02. The molecule has 0 saturated carbocycles. The summed E-state index contributed by atoms with van der Waals surface area (Å²) in [5.74, 6) is -1.71. The van der Waals surface area contributed by atoms with Crippen LogP contribution in [0.5, 0.6) is 0 Å². The van der Waals surface area contributed by atoms with E-state index in [1.807, 2.05) is 37.0 Å². The number of unbranched alkanes of at least 4 members (excludes halogenated alkanes) is 1. The SMILES string of the molecule is CCCCN1CC=C[C@]23S[C@@H]4/C=C\CCCOC(=O)[C@@H]4[C@H]2C(=O)N([C@@H](CO)CC(C)C)C3C1=O. The van der Waals surface area contributed by atoms with E-state index in [0.717, 1.165) is 25.7 Å². The number of rotatable bonds is 7. The van der Waals surface area contributed by atoms with E-state index < -0.39 is 28.7 Å². The number of nitrogens with zero attached hydrogens (tertiary/aromatic N) is 2. The second-order valence-electron chi connectivity index (χ2n) is 10.3. The molecule has 0 aromatic rings. The zero-order valence-electron chi connectivity index (χ0n) is 20.5. The third kappa shape index (κ3) is 4.32. The fourth-order valence-corrected chi connectivity index (χ4v) is 7.99. The van der Waals surface area contributed by atoms with Gasteiger partial charge in [-0.3, -0.25) is 14.4 Å². The average Bonchev–Trinajstić information content (AvgIpc) is 3.22. The molecule has 2 saturated heterocycles. The minimum Gasteiger partial charge on any atom is -0.465 e. The summed E-state index contributed by atoms with van der Waals surface area (Å²) >= 11 is 1.56. The Balaban J connectivity index is 1.82. The van der Waals surface area contributed by atoms with E-state index in [1.54, 1.807) is 16.7 Å². The largest absolute Gasteiger partial charge is 0.465 e. The average molecular weight is 491 g/mol. The number of carbonyl (C=O) groups excluding carboxylic acids is 3. The molecule has 2 amide bonds. The summed E-state index contributed by atoms with van der Waals surface area (Å²) in [7, 11) is 0. The van der Waals surface area contributed by atoms with Gasteiger partial charge in [-0.25, -0.2) is 0 Å². The standard InChI is InChI=1S/C26H38N2O5S/c1-4-5-12-27-13-9-11-26-21(20-19(34-26)10-7-6-8-14-33-25(20)32)23(30)28(22(26)24(27)31)18(16-29)15-17(2)3/h7,9-11,17-22,29H,4-6,8,12-16H2,1-3H3/b10-7-/t18-,19-,20+,21+,22?,26+/m1/s1. The molecule has 4 aliphatic heterocycles. The van der Waals surface area contributed by atoms with E-state index in [2.05, 4.69) is 13.0 Å². The maximum atomic E-state index is 14.2. The minimum atomic E-state index is -0.850. The van der Waals surface area contributed by atoms with Gasteiger partial charge in [0.05, 0.1) is 35.8 Å². The first-order chi connectivity index (χ1) is 16.4. The molecule has 7 nitrogen and oxygen atoms in total. The molecule has 4 rings (SSSR count). The lowest BCUT2D eigenvalue weighted by atomic mass is 9.78. The Labute approximate surface area is 206 Å². The van der Waals surface area contributed by atoms with Crippen LogP contribution in [0.1, 0.15) is 52.9 Å². The van der Waals surface area contributed by atoms with E-state index in [4.69, 9.17) is 4.74 Å². The van der Waals surface area contributed by atoms with E-state index >= 15 is 0 Å². The van der Waals surface area contributed by atoms with Crippen LogP contribution in [0.15, 0.2) is 24.3 Å². The molecule has 0 bridgehead atoms. The summed E-state index contributed by atoms with van der Waals surface area (Å²) < 4.78 is 4.75.